The van der Waals surface area contributed by atoms with Crippen molar-refractivity contribution in [2.45, 2.75) is 45.1 Å². The Morgan fingerprint density at radius 2 is 1.87 bits per heavy atom. The van der Waals surface area contributed by atoms with Crippen LogP contribution in [-0.4, -0.2) is 49.0 Å². The van der Waals surface area contributed by atoms with Gasteiger partial charge in [-0.1, -0.05) is 19.8 Å². The molecule has 0 aliphatic carbocycles. The first kappa shape index (κ1) is 12.9. The van der Waals surface area contributed by atoms with Crippen LogP contribution >= 0.6 is 0 Å². The number of hydrogen-bond acceptors (Lipinski definition) is 3. The molecule has 0 saturated carbocycles. The van der Waals surface area contributed by atoms with E-state index in [4.69, 9.17) is 4.74 Å². The molecule has 3 nitrogen and oxygen atoms in total. The van der Waals surface area contributed by atoms with Crippen LogP contribution in [0.2, 0.25) is 0 Å². The predicted molar refractivity (Wildman–Crippen MR) is 62.0 cm³/mol. The molecule has 1 unspecified atom stereocenters. The van der Waals surface area contributed by atoms with E-state index in [-0.39, 0.29) is 6.10 Å². The number of morpholine rings is 1. The molecule has 0 spiro atoms. The first-order chi connectivity index (χ1) is 7.33. The monoisotopic (exact) mass is 215 g/mol. The SMILES string of the molecule is CCCCC(O)CCCN1CCOCC1. The van der Waals surface area contributed by atoms with E-state index in [2.05, 4.69) is 11.8 Å². The molecule has 0 aromatic carbocycles. The molecule has 0 bridgehead atoms. The van der Waals surface area contributed by atoms with E-state index >= 15 is 0 Å². The molecule has 1 rings (SSSR count). The van der Waals surface area contributed by atoms with E-state index in [0.29, 0.717) is 0 Å². The molecule has 1 heterocycles. The number of nitrogens with zero attached hydrogens (tertiary/aromatic N) is 1. The summed E-state index contributed by atoms with van der Waals surface area (Å²) in [6, 6.07) is 0. The van der Waals surface area contributed by atoms with Gasteiger partial charge in [0.05, 0.1) is 19.3 Å². The van der Waals surface area contributed by atoms with Crippen LogP contribution < -0.4 is 0 Å². The first-order valence-electron chi connectivity index (χ1n) is 6.31. The third-order valence-corrected chi connectivity index (χ3v) is 3.01. The highest BCUT2D eigenvalue weighted by molar-refractivity contribution is 4.63. The van der Waals surface area contributed by atoms with Crippen LogP contribution in [0.1, 0.15) is 39.0 Å². The summed E-state index contributed by atoms with van der Waals surface area (Å²) in [5.74, 6) is 0. The zero-order chi connectivity index (χ0) is 10.9. The maximum Gasteiger partial charge on any atom is 0.0594 e. The fourth-order valence-electron chi connectivity index (χ4n) is 1.96. The highest BCUT2D eigenvalue weighted by atomic mass is 16.5. The largest absolute Gasteiger partial charge is 0.393 e. The predicted octanol–water partition coefficient (Wildman–Crippen LogP) is 1.65. The Morgan fingerprint density at radius 3 is 2.53 bits per heavy atom. The number of rotatable bonds is 7. The second kappa shape index (κ2) is 8.08. The lowest BCUT2D eigenvalue weighted by Crippen LogP contribution is -2.37. The van der Waals surface area contributed by atoms with Crippen molar-refractivity contribution in [3.63, 3.8) is 0 Å². The summed E-state index contributed by atoms with van der Waals surface area (Å²) < 4.78 is 5.29. The Hall–Kier alpha value is -0.120. The van der Waals surface area contributed by atoms with Crippen molar-refractivity contribution in [1.82, 2.24) is 4.90 Å². The molecule has 1 aliphatic heterocycles. The second-order valence-corrected chi connectivity index (χ2v) is 4.39. The number of aliphatic hydroxyl groups is 1. The standard InChI is InChI=1S/C12H25NO2/c1-2-3-5-12(14)6-4-7-13-8-10-15-11-9-13/h12,14H,2-11H2,1H3. The summed E-state index contributed by atoms with van der Waals surface area (Å²) in [7, 11) is 0. The minimum atomic E-state index is -0.0778. The molecule has 0 aromatic rings. The van der Waals surface area contributed by atoms with Crippen molar-refractivity contribution in [1.29, 1.82) is 0 Å². The Morgan fingerprint density at radius 1 is 1.20 bits per heavy atom. The van der Waals surface area contributed by atoms with E-state index in [1.165, 1.54) is 6.42 Å². The summed E-state index contributed by atoms with van der Waals surface area (Å²) in [6.45, 7) is 7.15. The molecule has 0 amide bonds. The van der Waals surface area contributed by atoms with Gasteiger partial charge in [-0.25, -0.2) is 0 Å². The maximum atomic E-state index is 9.67. The molecule has 1 saturated heterocycles. The third-order valence-electron chi connectivity index (χ3n) is 3.01. The lowest BCUT2D eigenvalue weighted by Gasteiger charge is -2.26. The minimum Gasteiger partial charge on any atom is -0.393 e. The number of aliphatic hydroxyl groups excluding tert-OH is 1. The Balaban J connectivity index is 1.94. The van der Waals surface area contributed by atoms with Crippen molar-refractivity contribution in [2.24, 2.45) is 0 Å². The fraction of sp³-hybridized carbons (Fsp3) is 1.00. The van der Waals surface area contributed by atoms with E-state index < -0.39 is 0 Å². The van der Waals surface area contributed by atoms with Gasteiger partial charge in [-0.2, -0.15) is 0 Å². The smallest absolute Gasteiger partial charge is 0.0594 e. The van der Waals surface area contributed by atoms with E-state index in [1.54, 1.807) is 0 Å². The molecule has 1 atom stereocenters. The molecular weight excluding hydrogens is 190 g/mol. The first-order valence-corrected chi connectivity index (χ1v) is 6.31. The zero-order valence-electron chi connectivity index (χ0n) is 9.95. The Bertz CT molecular complexity index is 147. The zero-order valence-corrected chi connectivity index (χ0v) is 9.95. The molecular formula is C12H25NO2. The second-order valence-electron chi connectivity index (χ2n) is 4.39. The minimum absolute atomic E-state index is 0.0778. The highest BCUT2D eigenvalue weighted by Gasteiger charge is 2.10. The van der Waals surface area contributed by atoms with Crippen molar-refractivity contribution < 1.29 is 9.84 Å². The summed E-state index contributed by atoms with van der Waals surface area (Å²) in [6.07, 6.45) is 5.30. The Labute approximate surface area is 93.4 Å². The molecule has 1 fully saturated rings. The quantitative estimate of drug-likeness (QED) is 0.701. The Kier molecular flexibility index (Phi) is 6.98. The van der Waals surface area contributed by atoms with Crippen LogP contribution in [0.4, 0.5) is 0 Å². The molecule has 90 valence electrons. The van der Waals surface area contributed by atoms with Crippen LogP contribution in [-0.2, 0) is 4.74 Å². The van der Waals surface area contributed by atoms with E-state index in [9.17, 15) is 5.11 Å². The molecule has 15 heavy (non-hydrogen) atoms. The van der Waals surface area contributed by atoms with Gasteiger partial charge in [-0.3, -0.25) is 4.90 Å². The number of hydrogen-bond donors (Lipinski definition) is 1. The normalized spacial score (nSPS) is 20.4. The van der Waals surface area contributed by atoms with Crippen molar-refractivity contribution in [3.8, 4) is 0 Å². The third kappa shape index (κ3) is 6.13. The van der Waals surface area contributed by atoms with Crippen LogP contribution in [0, 0.1) is 0 Å². The summed E-state index contributed by atoms with van der Waals surface area (Å²) in [4.78, 5) is 2.43. The van der Waals surface area contributed by atoms with Crippen LogP contribution in [0.15, 0.2) is 0 Å². The molecule has 3 heteroatoms. The van der Waals surface area contributed by atoms with Gasteiger partial charge in [0.15, 0.2) is 0 Å². The summed E-state index contributed by atoms with van der Waals surface area (Å²) in [5.41, 5.74) is 0. The van der Waals surface area contributed by atoms with E-state index in [1.807, 2.05) is 0 Å². The average Bonchev–Trinajstić information content (AvgIpc) is 2.28. The van der Waals surface area contributed by atoms with Crippen molar-refractivity contribution >= 4 is 0 Å². The molecule has 1 N–H and O–H groups in total. The summed E-state index contributed by atoms with van der Waals surface area (Å²) >= 11 is 0. The molecule has 1 aliphatic rings. The summed E-state index contributed by atoms with van der Waals surface area (Å²) in [5, 5.41) is 9.67. The topological polar surface area (TPSA) is 32.7 Å². The van der Waals surface area contributed by atoms with Crippen LogP contribution in [0.3, 0.4) is 0 Å². The van der Waals surface area contributed by atoms with Crippen LogP contribution in [0.5, 0.6) is 0 Å². The van der Waals surface area contributed by atoms with Gasteiger partial charge in [0.1, 0.15) is 0 Å². The lowest BCUT2D eigenvalue weighted by atomic mass is 10.1. The molecule has 0 radical (unpaired) electrons. The van der Waals surface area contributed by atoms with Gasteiger partial charge in [0.2, 0.25) is 0 Å². The molecule has 0 aromatic heterocycles. The highest BCUT2D eigenvalue weighted by Crippen LogP contribution is 2.08. The van der Waals surface area contributed by atoms with Crippen molar-refractivity contribution in [3.05, 3.63) is 0 Å². The number of ether oxygens (including phenoxy) is 1. The van der Waals surface area contributed by atoms with Gasteiger partial charge >= 0.3 is 0 Å². The average molecular weight is 215 g/mol. The van der Waals surface area contributed by atoms with Gasteiger partial charge in [0.25, 0.3) is 0 Å². The van der Waals surface area contributed by atoms with Crippen molar-refractivity contribution in [2.75, 3.05) is 32.8 Å². The van der Waals surface area contributed by atoms with E-state index in [0.717, 1.165) is 58.5 Å². The van der Waals surface area contributed by atoms with Gasteiger partial charge in [-0.15, -0.1) is 0 Å². The van der Waals surface area contributed by atoms with Gasteiger partial charge < -0.3 is 9.84 Å². The lowest BCUT2D eigenvalue weighted by molar-refractivity contribution is 0.0350. The number of unbranched alkanes of at least 4 members (excludes halogenated alkanes) is 1. The van der Waals surface area contributed by atoms with Crippen LogP contribution in [0.25, 0.3) is 0 Å². The fourth-order valence-corrected chi connectivity index (χ4v) is 1.96. The van der Waals surface area contributed by atoms with Gasteiger partial charge in [-0.05, 0) is 25.8 Å². The maximum absolute atomic E-state index is 9.67. The van der Waals surface area contributed by atoms with Gasteiger partial charge in [0, 0.05) is 13.1 Å².